The second-order valence-electron chi connectivity index (χ2n) is 2.81. The summed E-state index contributed by atoms with van der Waals surface area (Å²) in [5.41, 5.74) is 0. The van der Waals surface area contributed by atoms with Crippen LogP contribution in [-0.2, 0) is 0 Å². The van der Waals surface area contributed by atoms with Gasteiger partial charge in [0.05, 0.1) is 0 Å². The topological polar surface area (TPSA) is 9.86 Å². The molecule has 2 heterocycles. The van der Waals surface area contributed by atoms with Gasteiger partial charge in [0.2, 0.25) is 0 Å². The molecule has 2 nitrogen and oxygen atoms in total. The molecule has 2 aromatic rings. The Morgan fingerprint density at radius 2 is 1.23 bits per heavy atom. The van der Waals surface area contributed by atoms with Gasteiger partial charge in [0, 0.05) is 30.9 Å². The minimum atomic E-state index is -0.241. The molecule has 0 aliphatic carbocycles. The number of aromatic nitrogens is 2. The highest BCUT2D eigenvalue weighted by molar-refractivity contribution is 7.54. The molecule has 0 unspecified atom stereocenters. The van der Waals surface area contributed by atoms with Crippen LogP contribution < -0.4 is 0 Å². The summed E-state index contributed by atoms with van der Waals surface area (Å²) in [5.74, 6) is 0. The fraction of sp³-hybridized carbons (Fsp3) is 0.200. The SMILES string of the molecule is CCP(n1cccc1)n1cccc1. The lowest BCUT2D eigenvalue weighted by molar-refractivity contribution is 1.12. The summed E-state index contributed by atoms with van der Waals surface area (Å²) in [6.45, 7) is 2.23. The van der Waals surface area contributed by atoms with Crippen molar-refractivity contribution in [2.24, 2.45) is 0 Å². The van der Waals surface area contributed by atoms with Gasteiger partial charge in [-0.05, 0) is 24.3 Å². The Bertz CT molecular complexity index is 303. The molecule has 0 fully saturated rings. The second-order valence-corrected chi connectivity index (χ2v) is 5.12. The smallest absolute Gasteiger partial charge is 0.102 e. The van der Waals surface area contributed by atoms with Gasteiger partial charge >= 0.3 is 0 Å². The first kappa shape index (κ1) is 8.58. The normalized spacial score (nSPS) is 10.9. The van der Waals surface area contributed by atoms with Crippen molar-refractivity contribution in [3.05, 3.63) is 49.1 Å². The highest BCUT2D eigenvalue weighted by Gasteiger charge is 2.07. The van der Waals surface area contributed by atoms with Gasteiger partial charge < -0.3 is 8.68 Å². The van der Waals surface area contributed by atoms with E-state index in [9.17, 15) is 0 Å². The van der Waals surface area contributed by atoms with E-state index in [1.165, 1.54) is 6.16 Å². The van der Waals surface area contributed by atoms with Gasteiger partial charge in [0.25, 0.3) is 0 Å². The molecular weight excluding hydrogens is 179 g/mol. The van der Waals surface area contributed by atoms with Crippen molar-refractivity contribution in [3.8, 4) is 0 Å². The van der Waals surface area contributed by atoms with Crippen LogP contribution in [0, 0.1) is 0 Å². The van der Waals surface area contributed by atoms with Crippen molar-refractivity contribution in [3.63, 3.8) is 0 Å². The van der Waals surface area contributed by atoms with E-state index < -0.39 is 0 Å². The molecule has 0 aromatic carbocycles. The van der Waals surface area contributed by atoms with Gasteiger partial charge in [-0.2, -0.15) is 0 Å². The van der Waals surface area contributed by atoms with Crippen LogP contribution >= 0.6 is 8.22 Å². The zero-order chi connectivity index (χ0) is 9.10. The lowest BCUT2D eigenvalue weighted by Crippen LogP contribution is -1.98. The number of hydrogen-bond donors (Lipinski definition) is 0. The molecule has 0 aliphatic rings. The predicted octanol–water partition coefficient (Wildman–Crippen LogP) is 3.02. The van der Waals surface area contributed by atoms with Gasteiger partial charge in [0.1, 0.15) is 8.22 Å². The molecule has 0 bridgehead atoms. The standard InChI is InChI=1S/C10H13N2P/c1-2-13(11-7-3-4-8-11)12-9-5-6-10-12/h3-10H,2H2,1H3. The third-order valence-corrected chi connectivity index (χ3v) is 4.16. The Morgan fingerprint density at radius 1 is 0.846 bits per heavy atom. The highest BCUT2D eigenvalue weighted by Crippen LogP contribution is 2.38. The number of hydrogen-bond acceptors (Lipinski definition) is 0. The lowest BCUT2D eigenvalue weighted by atomic mass is 10.7. The highest BCUT2D eigenvalue weighted by atomic mass is 31.1. The molecular formula is C10H13N2P. The van der Waals surface area contributed by atoms with E-state index in [0.717, 1.165) is 0 Å². The van der Waals surface area contributed by atoms with E-state index >= 15 is 0 Å². The maximum Gasteiger partial charge on any atom is 0.102 e. The Balaban J connectivity index is 2.29. The Labute approximate surface area is 79.7 Å². The van der Waals surface area contributed by atoms with Gasteiger partial charge in [-0.15, -0.1) is 0 Å². The average Bonchev–Trinajstić information content (AvgIpc) is 2.76. The molecule has 0 spiro atoms. The van der Waals surface area contributed by atoms with Crippen LogP contribution in [0.2, 0.25) is 0 Å². The maximum atomic E-state index is 2.29. The predicted molar refractivity (Wildman–Crippen MR) is 57.1 cm³/mol. The van der Waals surface area contributed by atoms with Crippen LogP contribution in [0.3, 0.4) is 0 Å². The molecule has 0 N–H and O–H groups in total. The van der Waals surface area contributed by atoms with Gasteiger partial charge in [-0.25, -0.2) is 0 Å². The molecule has 0 saturated carbocycles. The van der Waals surface area contributed by atoms with Crippen molar-refractivity contribution in [1.82, 2.24) is 8.68 Å². The minimum Gasteiger partial charge on any atom is -0.316 e. The van der Waals surface area contributed by atoms with Crippen LogP contribution in [-0.4, -0.2) is 14.8 Å². The molecule has 0 saturated heterocycles. The summed E-state index contributed by atoms with van der Waals surface area (Å²) in [6.07, 6.45) is 9.70. The molecule has 0 atom stereocenters. The summed E-state index contributed by atoms with van der Waals surface area (Å²) in [5, 5.41) is 0. The molecule has 0 radical (unpaired) electrons. The van der Waals surface area contributed by atoms with Crippen LogP contribution in [0.5, 0.6) is 0 Å². The van der Waals surface area contributed by atoms with Crippen LogP contribution in [0.4, 0.5) is 0 Å². The third-order valence-electron chi connectivity index (χ3n) is 1.99. The second kappa shape index (κ2) is 3.80. The lowest BCUT2D eigenvalue weighted by Gasteiger charge is -2.18. The van der Waals surface area contributed by atoms with Crippen LogP contribution in [0.25, 0.3) is 0 Å². The van der Waals surface area contributed by atoms with E-state index in [2.05, 4.69) is 64.7 Å². The molecule has 2 rings (SSSR count). The molecule has 2 aromatic heterocycles. The third kappa shape index (κ3) is 1.68. The first-order valence-corrected chi connectivity index (χ1v) is 5.89. The molecule has 0 amide bonds. The summed E-state index contributed by atoms with van der Waals surface area (Å²) in [4.78, 5) is 0. The van der Waals surface area contributed by atoms with Crippen molar-refractivity contribution >= 4 is 8.22 Å². The quantitative estimate of drug-likeness (QED) is 0.661. The minimum absolute atomic E-state index is 0.241. The van der Waals surface area contributed by atoms with E-state index in [1.54, 1.807) is 0 Å². The first-order chi connectivity index (χ1) is 6.42. The Morgan fingerprint density at radius 3 is 1.54 bits per heavy atom. The number of nitrogens with zero attached hydrogens (tertiary/aromatic N) is 2. The zero-order valence-electron chi connectivity index (χ0n) is 7.67. The Kier molecular flexibility index (Phi) is 2.51. The fourth-order valence-electron chi connectivity index (χ4n) is 1.40. The Hall–Kier alpha value is -1.01. The van der Waals surface area contributed by atoms with E-state index in [4.69, 9.17) is 0 Å². The summed E-state index contributed by atoms with van der Waals surface area (Å²) < 4.78 is 4.57. The van der Waals surface area contributed by atoms with E-state index in [0.29, 0.717) is 0 Å². The van der Waals surface area contributed by atoms with Crippen molar-refractivity contribution in [2.75, 3.05) is 6.16 Å². The molecule has 3 heteroatoms. The fourth-order valence-corrected chi connectivity index (χ4v) is 3.22. The van der Waals surface area contributed by atoms with Crippen LogP contribution in [0.1, 0.15) is 6.92 Å². The maximum absolute atomic E-state index is 2.29. The van der Waals surface area contributed by atoms with E-state index in [1.807, 2.05) is 0 Å². The molecule has 13 heavy (non-hydrogen) atoms. The largest absolute Gasteiger partial charge is 0.316 e. The van der Waals surface area contributed by atoms with Crippen LogP contribution in [0.15, 0.2) is 49.1 Å². The van der Waals surface area contributed by atoms with Gasteiger partial charge in [-0.1, -0.05) is 6.92 Å². The molecule has 68 valence electrons. The van der Waals surface area contributed by atoms with Crippen molar-refractivity contribution < 1.29 is 0 Å². The molecule has 0 aliphatic heterocycles. The number of rotatable bonds is 3. The monoisotopic (exact) mass is 192 g/mol. The van der Waals surface area contributed by atoms with E-state index in [-0.39, 0.29) is 8.22 Å². The van der Waals surface area contributed by atoms with Gasteiger partial charge in [0.15, 0.2) is 0 Å². The summed E-state index contributed by atoms with van der Waals surface area (Å²) in [6, 6.07) is 8.31. The summed E-state index contributed by atoms with van der Waals surface area (Å²) >= 11 is 0. The van der Waals surface area contributed by atoms with Crippen molar-refractivity contribution in [1.29, 1.82) is 0 Å². The van der Waals surface area contributed by atoms with Gasteiger partial charge in [-0.3, -0.25) is 0 Å². The zero-order valence-corrected chi connectivity index (χ0v) is 8.56. The average molecular weight is 192 g/mol. The van der Waals surface area contributed by atoms with Crippen molar-refractivity contribution in [2.45, 2.75) is 6.92 Å². The summed E-state index contributed by atoms with van der Waals surface area (Å²) in [7, 11) is -0.241. The first-order valence-electron chi connectivity index (χ1n) is 4.46.